The first-order valence-electron chi connectivity index (χ1n) is 5.05. The van der Waals surface area contributed by atoms with Crippen molar-refractivity contribution in [2.24, 2.45) is 0 Å². The standard InChI is InChI=1S/C10H17F2N2/c1-2-13-7-8-14(9-13)6-4-3-5-10(11)12/h7-10H,2-6H2,1H3/q+1. The van der Waals surface area contributed by atoms with E-state index in [0.29, 0.717) is 6.42 Å². The van der Waals surface area contributed by atoms with E-state index < -0.39 is 6.43 Å². The van der Waals surface area contributed by atoms with Gasteiger partial charge in [-0.25, -0.2) is 17.9 Å². The van der Waals surface area contributed by atoms with E-state index in [1.165, 1.54) is 0 Å². The topological polar surface area (TPSA) is 8.81 Å². The molecule has 0 aliphatic heterocycles. The molecule has 0 N–H and O–H groups in total. The Hall–Kier alpha value is -0.930. The summed E-state index contributed by atoms with van der Waals surface area (Å²) < 4.78 is 27.7. The number of nitrogens with zero attached hydrogens (tertiary/aromatic N) is 2. The molecule has 4 heteroatoms. The zero-order chi connectivity index (χ0) is 10.4. The number of imidazole rings is 1. The monoisotopic (exact) mass is 203 g/mol. The lowest BCUT2D eigenvalue weighted by Gasteiger charge is -1.97. The number of halogens is 2. The smallest absolute Gasteiger partial charge is 0.237 e. The maximum atomic E-state index is 11.8. The van der Waals surface area contributed by atoms with Crippen molar-refractivity contribution in [3.05, 3.63) is 18.7 Å². The fraction of sp³-hybridized carbons (Fsp3) is 0.700. The molecular formula is C10H17F2N2+. The van der Waals surface area contributed by atoms with Crippen molar-refractivity contribution in [1.29, 1.82) is 0 Å². The highest BCUT2D eigenvalue weighted by atomic mass is 19.3. The number of aromatic nitrogens is 2. The van der Waals surface area contributed by atoms with Gasteiger partial charge in [0.1, 0.15) is 12.4 Å². The lowest BCUT2D eigenvalue weighted by atomic mass is 10.2. The molecule has 2 nitrogen and oxygen atoms in total. The summed E-state index contributed by atoms with van der Waals surface area (Å²) in [7, 11) is 0. The van der Waals surface area contributed by atoms with Crippen LogP contribution in [0.3, 0.4) is 0 Å². The highest BCUT2D eigenvalue weighted by molar-refractivity contribution is 4.64. The van der Waals surface area contributed by atoms with Crippen LogP contribution < -0.4 is 4.57 Å². The third-order valence-corrected chi connectivity index (χ3v) is 2.20. The number of hydrogen-bond donors (Lipinski definition) is 0. The van der Waals surface area contributed by atoms with Gasteiger partial charge in [-0.2, -0.15) is 0 Å². The van der Waals surface area contributed by atoms with Gasteiger partial charge in [0, 0.05) is 6.42 Å². The molecule has 0 aliphatic rings. The van der Waals surface area contributed by atoms with Crippen molar-refractivity contribution in [3.63, 3.8) is 0 Å². The number of unbranched alkanes of at least 4 members (excludes halogenated alkanes) is 1. The van der Waals surface area contributed by atoms with Gasteiger partial charge in [0.05, 0.1) is 13.1 Å². The number of rotatable bonds is 6. The zero-order valence-corrected chi connectivity index (χ0v) is 8.50. The van der Waals surface area contributed by atoms with Gasteiger partial charge in [-0.05, 0) is 19.8 Å². The predicted molar refractivity (Wildman–Crippen MR) is 50.2 cm³/mol. The third kappa shape index (κ3) is 3.85. The van der Waals surface area contributed by atoms with Gasteiger partial charge in [-0.3, -0.25) is 0 Å². The molecule has 80 valence electrons. The molecule has 1 rings (SSSR count). The SMILES string of the molecule is CCn1cc[n+](CCCCC(F)F)c1. The minimum absolute atomic E-state index is 0.0229. The molecule has 1 heterocycles. The molecule has 0 unspecified atom stereocenters. The van der Waals surface area contributed by atoms with Crippen molar-refractivity contribution >= 4 is 0 Å². The minimum Gasteiger partial charge on any atom is -0.237 e. The third-order valence-electron chi connectivity index (χ3n) is 2.20. The van der Waals surface area contributed by atoms with Crippen LogP contribution in [0.25, 0.3) is 0 Å². The van der Waals surface area contributed by atoms with Gasteiger partial charge in [0.15, 0.2) is 0 Å². The van der Waals surface area contributed by atoms with Crippen LogP contribution in [0.1, 0.15) is 26.2 Å². The van der Waals surface area contributed by atoms with E-state index in [9.17, 15) is 8.78 Å². The zero-order valence-electron chi connectivity index (χ0n) is 8.50. The molecule has 0 bridgehead atoms. The molecular weight excluding hydrogens is 186 g/mol. The van der Waals surface area contributed by atoms with E-state index >= 15 is 0 Å². The second kappa shape index (κ2) is 5.73. The lowest BCUT2D eigenvalue weighted by Crippen LogP contribution is -2.30. The summed E-state index contributed by atoms with van der Waals surface area (Å²) >= 11 is 0. The predicted octanol–water partition coefficient (Wildman–Crippen LogP) is 2.23. The highest BCUT2D eigenvalue weighted by Gasteiger charge is 2.04. The van der Waals surface area contributed by atoms with Crippen LogP contribution in [0.5, 0.6) is 0 Å². The van der Waals surface area contributed by atoms with Crippen LogP contribution in [0.2, 0.25) is 0 Å². The van der Waals surface area contributed by atoms with Gasteiger partial charge in [0.25, 0.3) is 0 Å². The van der Waals surface area contributed by atoms with Crippen molar-refractivity contribution < 1.29 is 13.3 Å². The van der Waals surface area contributed by atoms with Crippen LogP contribution in [-0.2, 0) is 13.1 Å². The van der Waals surface area contributed by atoms with E-state index in [1.54, 1.807) is 0 Å². The summed E-state index contributed by atoms with van der Waals surface area (Å²) in [6, 6.07) is 0. The second-order valence-corrected chi connectivity index (χ2v) is 3.37. The van der Waals surface area contributed by atoms with Gasteiger partial charge in [-0.1, -0.05) is 0 Å². The fourth-order valence-corrected chi connectivity index (χ4v) is 1.35. The first-order chi connectivity index (χ1) is 6.72. The number of hydrogen-bond acceptors (Lipinski definition) is 0. The van der Waals surface area contributed by atoms with Gasteiger partial charge in [-0.15, -0.1) is 0 Å². The van der Waals surface area contributed by atoms with Crippen LogP contribution in [-0.4, -0.2) is 11.0 Å². The molecule has 0 atom stereocenters. The molecule has 0 aromatic carbocycles. The van der Waals surface area contributed by atoms with Crippen LogP contribution in [0.4, 0.5) is 8.78 Å². The Balaban J connectivity index is 2.18. The summed E-state index contributed by atoms with van der Waals surface area (Å²) in [5.74, 6) is 0. The first-order valence-corrected chi connectivity index (χ1v) is 5.05. The maximum absolute atomic E-state index is 11.8. The van der Waals surface area contributed by atoms with Gasteiger partial charge >= 0.3 is 0 Å². The first kappa shape index (κ1) is 11.1. The Morgan fingerprint density at radius 2 is 2.14 bits per heavy atom. The summed E-state index contributed by atoms with van der Waals surface area (Å²) in [5, 5.41) is 0. The Morgan fingerprint density at radius 1 is 1.36 bits per heavy atom. The molecule has 0 aliphatic carbocycles. The summed E-state index contributed by atoms with van der Waals surface area (Å²) in [5.41, 5.74) is 0. The Labute approximate surface area is 83.2 Å². The molecule has 0 saturated heterocycles. The molecule has 14 heavy (non-hydrogen) atoms. The lowest BCUT2D eigenvalue weighted by molar-refractivity contribution is -0.696. The molecule has 0 amide bonds. The van der Waals surface area contributed by atoms with E-state index in [2.05, 4.69) is 11.5 Å². The largest absolute Gasteiger partial charge is 0.243 e. The van der Waals surface area contributed by atoms with Crippen molar-refractivity contribution in [1.82, 2.24) is 4.57 Å². The van der Waals surface area contributed by atoms with Gasteiger partial charge < -0.3 is 0 Å². The highest BCUT2D eigenvalue weighted by Crippen LogP contribution is 2.04. The van der Waals surface area contributed by atoms with E-state index in [1.807, 2.05) is 23.3 Å². The second-order valence-electron chi connectivity index (χ2n) is 3.37. The molecule has 1 aromatic heterocycles. The fourth-order valence-electron chi connectivity index (χ4n) is 1.35. The average molecular weight is 203 g/mol. The minimum atomic E-state index is -2.15. The van der Waals surface area contributed by atoms with E-state index in [0.717, 1.165) is 19.5 Å². The van der Waals surface area contributed by atoms with Crippen molar-refractivity contribution in [2.45, 2.75) is 45.7 Å². The van der Waals surface area contributed by atoms with Crippen LogP contribution in [0, 0.1) is 0 Å². The molecule has 1 aromatic rings. The maximum Gasteiger partial charge on any atom is 0.243 e. The molecule has 0 fully saturated rings. The number of aryl methyl sites for hydroxylation is 2. The quantitative estimate of drug-likeness (QED) is 0.495. The summed E-state index contributed by atoms with van der Waals surface area (Å²) in [6.07, 6.45) is 5.27. The van der Waals surface area contributed by atoms with Gasteiger partial charge in [0.2, 0.25) is 12.8 Å². The average Bonchev–Trinajstić information content (AvgIpc) is 2.60. The van der Waals surface area contributed by atoms with Crippen LogP contribution >= 0.6 is 0 Å². The summed E-state index contributed by atoms with van der Waals surface area (Å²) in [6.45, 7) is 3.85. The Kier molecular flexibility index (Phi) is 4.56. The molecule has 0 spiro atoms. The van der Waals surface area contributed by atoms with E-state index in [-0.39, 0.29) is 6.42 Å². The normalized spacial score (nSPS) is 11.1. The Bertz CT molecular complexity index is 258. The molecule has 0 saturated carbocycles. The molecule has 0 radical (unpaired) electrons. The number of alkyl halides is 2. The van der Waals surface area contributed by atoms with E-state index in [4.69, 9.17) is 0 Å². The summed E-state index contributed by atoms with van der Waals surface area (Å²) in [4.78, 5) is 0. The van der Waals surface area contributed by atoms with Crippen molar-refractivity contribution in [2.75, 3.05) is 0 Å². The Morgan fingerprint density at radius 3 is 2.71 bits per heavy atom. The van der Waals surface area contributed by atoms with Crippen molar-refractivity contribution in [3.8, 4) is 0 Å². The van der Waals surface area contributed by atoms with Crippen LogP contribution in [0.15, 0.2) is 18.7 Å².